The van der Waals surface area contributed by atoms with Crippen molar-refractivity contribution in [3.63, 3.8) is 0 Å². The lowest BCUT2D eigenvalue weighted by atomic mass is 10.1. The fraction of sp³-hybridized carbons (Fsp3) is 0.636. The molecular weight excluding hydrogens is 208 g/mol. The predicted octanol–water partition coefficient (Wildman–Crippen LogP) is 1.28. The molecule has 5 heteroatoms. The zero-order valence-corrected chi connectivity index (χ0v) is 9.53. The van der Waals surface area contributed by atoms with E-state index >= 15 is 0 Å². The topological polar surface area (TPSA) is 64.4 Å². The van der Waals surface area contributed by atoms with E-state index in [2.05, 4.69) is 10.5 Å². The zero-order chi connectivity index (χ0) is 11.5. The Balaban J connectivity index is 1.91. The Hall–Kier alpha value is -1.36. The van der Waals surface area contributed by atoms with Gasteiger partial charge in [-0.05, 0) is 26.7 Å². The van der Waals surface area contributed by atoms with Gasteiger partial charge in [0.1, 0.15) is 5.76 Å². The van der Waals surface area contributed by atoms with E-state index < -0.39 is 0 Å². The van der Waals surface area contributed by atoms with E-state index in [1.807, 2.05) is 6.92 Å². The van der Waals surface area contributed by atoms with Crippen LogP contribution in [-0.4, -0.2) is 29.8 Å². The molecule has 88 valence electrons. The summed E-state index contributed by atoms with van der Waals surface area (Å²) in [5.74, 6) is 0.426. The summed E-state index contributed by atoms with van der Waals surface area (Å²) in [7, 11) is 0. The van der Waals surface area contributed by atoms with E-state index in [0.717, 1.165) is 19.4 Å². The summed E-state index contributed by atoms with van der Waals surface area (Å²) >= 11 is 0. The van der Waals surface area contributed by atoms with E-state index in [-0.39, 0.29) is 18.1 Å². The van der Waals surface area contributed by atoms with Gasteiger partial charge in [0.05, 0.1) is 12.1 Å². The maximum absolute atomic E-state index is 11.7. The van der Waals surface area contributed by atoms with Crippen molar-refractivity contribution in [2.24, 2.45) is 0 Å². The van der Waals surface area contributed by atoms with Gasteiger partial charge in [0.15, 0.2) is 5.69 Å². The van der Waals surface area contributed by atoms with Crippen LogP contribution in [0.4, 0.5) is 0 Å². The van der Waals surface area contributed by atoms with Gasteiger partial charge in [-0.3, -0.25) is 4.79 Å². The second-order valence-corrected chi connectivity index (χ2v) is 4.14. The lowest BCUT2D eigenvalue weighted by molar-refractivity contribution is 0.0707. The van der Waals surface area contributed by atoms with Crippen molar-refractivity contribution in [2.75, 3.05) is 6.61 Å². The van der Waals surface area contributed by atoms with Gasteiger partial charge in [0.2, 0.25) is 0 Å². The standard InChI is InChI=1S/C11H16N2O3/c1-7-6-9(13-16-7)11(14)12-8(2)10-4-3-5-15-10/h6,8,10H,3-5H2,1-2H3,(H,12,14)/t8-,10+/m1/s1. The fourth-order valence-corrected chi connectivity index (χ4v) is 1.84. The molecular formula is C11H16N2O3. The van der Waals surface area contributed by atoms with Gasteiger partial charge in [-0.2, -0.15) is 0 Å². The minimum absolute atomic E-state index is 0.00649. The van der Waals surface area contributed by atoms with Crippen LogP contribution >= 0.6 is 0 Å². The van der Waals surface area contributed by atoms with E-state index in [4.69, 9.17) is 9.26 Å². The first kappa shape index (κ1) is 11.1. The fourth-order valence-electron chi connectivity index (χ4n) is 1.84. The van der Waals surface area contributed by atoms with Crippen LogP contribution in [0, 0.1) is 6.92 Å². The highest BCUT2D eigenvalue weighted by molar-refractivity contribution is 5.92. The van der Waals surface area contributed by atoms with E-state index in [1.54, 1.807) is 13.0 Å². The predicted molar refractivity (Wildman–Crippen MR) is 57.1 cm³/mol. The minimum atomic E-state index is -0.208. The van der Waals surface area contributed by atoms with Crippen molar-refractivity contribution < 1.29 is 14.1 Å². The summed E-state index contributed by atoms with van der Waals surface area (Å²) in [6, 6.07) is 1.63. The summed E-state index contributed by atoms with van der Waals surface area (Å²) in [5, 5.41) is 6.53. The van der Waals surface area contributed by atoms with Crippen molar-refractivity contribution in [3.8, 4) is 0 Å². The monoisotopic (exact) mass is 224 g/mol. The molecule has 0 aliphatic carbocycles. The van der Waals surface area contributed by atoms with Crippen LogP contribution in [0.5, 0.6) is 0 Å². The molecule has 0 spiro atoms. The first-order chi connectivity index (χ1) is 7.66. The van der Waals surface area contributed by atoms with Crippen LogP contribution in [0.25, 0.3) is 0 Å². The maximum Gasteiger partial charge on any atom is 0.273 e. The molecule has 2 heterocycles. The van der Waals surface area contributed by atoms with Gasteiger partial charge in [-0.25, -0.2) is 0 Å². The average Bonchev–Trinajstić information content (AvgIpc) is 2.87. The number of ether oxygens (including phenoxy) is 1. The highest BCUT2D eigenvalue weighted by atomic mass is 16.5. The highest BCUT2D eigenvalue weighted by Gasteiger charge is 2.24. The minimum Gasteiger partial charge on any atom is -0.376 e. The van der Waals surface area contributed by atoms with Crippen molar-refractivity contribution >= 4 is 5.91 Å². The molecule has 0 bridgehead atoms. The Morgan fingerprint density at radius 1 is 1.69 bits per heavy atom. The molecule has 1 aliphatic rings. The number of aryl methyl sites for hydroxylation is 1. The third-order valence-corrected chi connectivity index (χ3v) is 2.74. The number of carbonyl (C=O) groups excluding carboxylic acids is 1. The lowest BCUT2D eigenvalue weighted by Crippen LogP contribution is -2.40. The maximum atomic E-state index is 11.7. The van der Waals surface area contributed by atoms with E-state index in [9.17, 15) is 4.79 Å². The second-order valence-electron chi connectivity index (χ2n) is 4.14. The van der Waals surface area contributed by atoms with Gasteiger partial charge in [-0.1, -0.05) is 5.16 Å². The first-order valence-electron chi connectivity index (χ1n) is 5.52. The number of carbonyl (C=O) groups is 1. The molecule has 1 N–H and O–H groups in total. The van der Waals surface area contributed by atoms with Crippen molar-refractivity contribution in [3.05, 3.63) is 17.5 Å². The van der Waals surface area contributed by atoms with Gasteiger partial charge in [0, 0.05) is 12.7 Å². The Kier molecular flexibility index (Phi) is 3.24. The molecule has 1 aliphatic heterocycles. The van der Waals surface area contributed by atoms with Crippen molar-refractivity contribution in [1.82, 2.24) is 10.5 Å². The smallest absolute Gasteiger partial charge is 0.273 e. The molecule has 0 saturated carbocycles. The number of nitrogens with zero attached hydrogens (tertiary/aromatic N) is 1. The summed E-state index contributed by atoms with van der Waals surface area (Å²) in [4.78, 5) is 11.7. The SMILES string of the molecule is Cc1cc(C(=O)N[C@H](C)[C@@H]2CCCO2)no1. The quantitative estimate of drug-likeness (QED) is 0.840. The summed E-state index contributed by atoms with van der Waals surface area (Å²) in [5.41, 5.74) is 0.322. The molecule has 1 saturated heterocycles. The van der Waals surface area contributed by atoms with Crippen LogP contribution in [0.2, 0.25) is 0 Å². The first-order valence-corrected chi connectivity index (χ1v) is 5.52. The van der Waals surface area contributed by atoms with Crippen LogP contribution in [0.15, 0.2) is 10.6 Å². The van der Waals surface area contributed by atoms with Crippen molar-refractivity contribution in [2.45, 2.75) is 38.8 Å². The number of hydrogen-bond acceptors (Lipinski definition) is 4. The lowest BCUT2D eigenvalue weighted by Gasteiger charge is -2.19. The third kappa shape index (κ3) is 2.41. The molecule has 16 heavy (non-hydrogen) atoms. The van der Waals surface area contributed by atoms with Gasteiger partial charge >= 0.3 is 0 Å². The summed E-state index contributed by atoms with van der Waals surface area (Å²) < 4.78 is 10.3. The third-order valence-electron chi connectivity index (χ3n) is 2.74. The molecule has 2 atom stereocenters. The molecule has 1 aromatic heterocycles. The Labute approximate surface area is 94.1 Å². The Morgan fingerprint density at radius 3 is 3.06 bits per heavy atom. The van der Waals surface area contributed by atoms with Crippen molar-refractivity contribution in [1.29, 1.82) is 0 Å². The van der Waals surface area contributed by atoms with Gasteiger partial charge in [0.25, 0.3) is 5.91 Å². The van der Waals surface area contributed by atoms with Crippen LogP contribution in [0.1, 0.15) is 36.0 Å². The highest BCUT2D eigenvalue weighted by Crippen LogP contribution is 2.15. The number of amides is 1. The molecule has 0 radical (unpaired) electrons. The van der Waals surface area contributed by atoms with Crippen LogP contribution < -0.4 is 5.32 Å². The summed E-state index contributed by atoms with van der Waals surface area (Å²) in [6.07, 6.45) is 2.18. The number of aromatic nitrogens is 1. The molecule has 1 fully saturated rings. The van der Waals surface area contributed by atoms with Gasteiger partial charge < -0.3 is 14.6 Å². The average molecular weight is 224 g/mol. The summed E-state index contributed by atoms with van der Waals surface area (Å²) in [6.45, 7) is 4.49. The Morgan fingerprint density at radius 2 is 2.50 bits per heavy atom. The molecule has 2 rings (SSSR count). The number of rotatable bonds is 3. The normalized spacial score (nSPS) is 22.0. The largest absolute Gasteiger partial charge is 0.376 e. The van der Waals surface area contributed by atoms with Crippen LogP contribution in [0.3, 0.4) is 0 Å². The van der Waals surface area contributed by atoms with Gasteiger partial charge in [-0.15, -0.1) is 0 Å². The molecule has 1 amide bonds. The Bertz CT molecular complexity index is 369. The molecule has 5 nitrogen and oxygen atoms in total. The molecule has 0 unspecified atom stereocenters. The zero-order valence-electron chi connectivity index (χ0n) is 9.53. The number of nitrogens with one attached hydrogen (secondary N) is 1. The van der Waals surface area contributed by atoms with Crippen LogP contribution in [-0.2, 0) is 4.74 Å². The second kappa shape index (κ2) is 4.65. The van der Waals surface area contributed by atoms with E-state index in [1.165, 1.54) is 0 Å². The number of hydrogen-bond donors (Lipinski definition) is 1. The molecule has 1 aromatic rings. The molecule has 0 aromatic carbocycles. The van der Waals surface area contributed by atoms with E-state index in [0.29, 0.717) is 11.5 Å².